The fraction of sp³-hybridized carbons (Fsp3) is 0.882. The molecule has 3 unspecified atom stereocenters. The Hall–Kier alpha value is -1.12. The number of carbonyl (C=O) groups excluding carboxylic acids is 1. The maximum Gasteiger partial charge on any atom is 0.238 e. The predicted molar refractivity (Wildman–Crippen MR) is 85.2 cm³/mol. The molecule has 0 bridgehead atoms. The van der Waals surface area contributed by atoms with Gasteiger partial charge in [-0.05, 0) is 38.6 Å². The van der Waals surface area contributed by atoms with Crippen LogP contribution in [0, 0.1) is 17.2 Å². The van der Waals surface area contributed by atoms with E-state index in [2.05, 4.69) is 23.2 Å². The van der Waals surface area contributed by atoms with Crippen LogP contribution >= 0.6 is 0 Å². The van der Waals surface area contributed by atoms with Gasteiger partial charge in [0.2, 0.25) is 5.91 Å². The molecule has 1 N–H and O–H groups in total. The molecule has 2 rings (SSSR count). The average Bonchev–Trinajstić information content (AvgIpc) is 2.55. The van der Waals surface area contributed by atoms with Crippen molar-refractivity contribution in [3.8, 4) is 6.07 Å². The minimum Gasteiger partial charge on any atom is -0.380 e. The quantitative estimate of drug-likeness (QED) is 0.863. The average molecular weight is 307 g/mol. The first kappa shape index (κ1) is 17.2. The monoisotopic (exact) mass is 307 g/mol. The first-order chi connectivity index (χ1) is 10.5. The Morgan fingerprint density at radius 2 is 2.09 bits per heavy atom. The third-order valence-electron chi connectivity index (χ3n) is 5.43. The Bertz CT molecular complexity index is 426. The van der Waals surface area contributed by atoms with Crippen molar-refractivity contribution in [2.45, 2.75) is 70.1 Å². The van der Waals surface area contributed by atoms with E-state index < -0.39 is 5.54 Å². The Morgan fingerprint density at radius 3 is 2.68 bits per heavy atom. The van der Waals surface area contributed by atoms with Crippen molar-refractivity contribution in [2.24, 2.45) is 5.92 Å². The third-order valence-corrected chi connectivity index (χ3v) is 5.43. The molecular weight excluding hydrogens is 278 g/mol. The van der Waals surface area contributed by atoms with E-state index in [-0.39, 0.29) is 18.1 Å². The molecule has 0 aromatic carbocycles. The lowest BCUT2D eigenvalue weighted by atomic mass is 9.82. The number of ether oxygens (including phenoxy) is 1. The molecule has 124 valence electrons. The Balaban J connectivity index is 1.95. The lowest BCUT2D eigenvalue weighted by Gasteiger charge is -2.40. The number of nitriles is 1. The molecule has 1 saturated carbocycles. The van der Waals surface area contributed by atoms with Crippen LogP contribution in [0.4, 0.5) is 0 Å². The van der Waals surface area contributed by atoms with Crippen LogP contribution in [-0.2, 0) is 9.53 Å². The zero-order chi connectivity index (χ0) is 16.2. The van der Waals surface area contributed by atoms with E-state index in [1.54, 1.807) is 7.11 Å². The van der Waals surface area contributed by atoms with Gasteiger partial charge in [0, 0.05) is 13.7 Å². The summed E-state index contributed by atoms with van der Waals surface area (Å²) in [7, 11) is 1.74. The van der Waals surface area contributed by atoms with Crippen LogP contribution in [0.5, 0.6) is 0 Å². The molecule has 0 aromatic heterocycles. The summed E-state index contributed by atoms with van der Waals surface area (Å²) in [6.45, 7) is 5.83. The molecule has 1 aliphatic heterocycles. The van der Waals surface area contributed by atoms with Gasteiger partial charge in [-0.3, -0.25) is 9.69 Å². The normalized spacial score (nSPS) is 30.3. The maximum absolute atomic E-state index is 12.6. The number of hydrogen-bond donors (Lipinski definition) is 1. The third kappa shape index (κ3) is 3.80. The van der Waals surface area contributed by atoms with Gasteiger partial charge >= 0.3 is 0 Å². The number of amides is 1. The zero-order valence-electron chi connectivity index (χ0n) is 14.1. The van der Waals surface area contributed by atoms with E-state index in [0.717, 1.165) is 51.6 Å². The van der Waals surface area contributed by atoms with Crippen molar-refractivity contribution in [1.82, 2.24) is 10.2 Å². The van der Waals surface area contributed by atoms with Gasteiger partial charge in [0.05, 0.1) is 18.2 Å². The molecule has 1 heterocycles. The number of carbonyl (C=O) groups is 1. The van der Waals surface area contributed by atoms with Gasteiger partial charge in [0.1, 0.15) is 5.54 Å². The van der Waals surface area contributed by atoms with Crippen molar-refractivity contribution in [2.75, 3.05) is 20.2 Å². The Kier molecular flexibility index (Phi) is 5.82. The summed E-state index contributed by atoms with van der Waals surface area (Å²) in [5.41, 5.74) is -0.646. The fourth-order valence-electron chi connectivity index (χ4n) is 3.64. The topological polar surface area (TPSA) is 65.4 Å². The predicted octanol–water partition coefficient (Wildman–Crippen LogP) is 2.07. The van der Waals surface area contributed by atoms with E-state index in [1.165, 1.54) is 0 Å². The highest BCUT2D eigenvalue weighted by Crippen LogP contribution is 2.28. The van der Waals surface area contributed by atoms with Crippen molar-refractivity contribution in [3.05, 3.63) is 0 Å². The first-order valence-corrected chi connectivity index (χ1v) is 8.51. The van der Waals surface area contributed by atoms with Gasteiger partial charge in [-0.2, -0.15) is 5.26 Å². The standard InChI is InChI=1S/C17H29N3O2/c1-13-7-10-20(11-15(13)22-3)14(2)16(21)19-17(12-18)8-5-4-6-9-17/h13-15H,4-11H2,1-3H3,(H,19,21). The van der Waals surface area contributed by atoms with Crippen molar-refractivity contribution in [3.63, 3.8) is 0 Å². The molecule has 2 aliphatic rings. The van der Waals surface area contributed by atoms with Crippen molar-refractivity contribution in [1.29, 1.82) is 5.26 Å². The van der Waals surface area contributed by atoms with Gasteiger partial charge in [0.15, 0.2) is 0 Å². The number of nitrogens with one attached hydrogen (secondary N) is 1. The molecule has 1 amide bonds. The van der Waals surface area contributed by atoms with E-state index in [1.807, 2.05) is 6.92 Å². The maximum atomic E-state index is 12.6. The van der Waals surface area contributed by atoms with Crippen molar-refractivity contribution < 1.29 is 9.53 Å². The number of rotatable bonds is 4. The second-order valence-corrected chi connectivity index (χ2v) is 6.95. The van der Waals surface area contributed by atoms with Crippen LogP contribution in [0.2, 0.25) is 0 Å². The summed E-state index contributed by atoms with van der Waals surface area (Å²) in [5, 5.41) is 12.5. The molecule has 2 fully saturated rings. The van der Waals surface area contributed by atoms with Crippen LogP contribution in [0.15, 0.2) is 0 Å². The molecule has 5 nitrogen and oxygen atoms in total. The highest BCUT2D eigenvalue weighted by molar-refractivity contribution is 5.82. The number of methoxy groups -OCH3 is 1. The molecule has 22 heavy (non-hydrogen) atoms. The Labute approximate surface area is 134 Å². The smallest absolute Gasteiger partial charge is 0.238 e. The summed E-state index contributed by atoms with van der Waals surface area (Å²) in [6, 6.07) is 2.15. The summed E-state index contributed by atoms with van der Waals surface area (Å²) >= 11 is 0. The Morgan fingerprint density at radius 1 is 1.41 bits per heavy atom. The van der Waals surface area contributed by atoms with Gasteiger partial charge in [-0.15, -0.1) is 0 Å². The van der Waals surface area contributed by atoms with Gasteiger partial charge < -0.3 is 10.1 Å². The highest BCUT2D eigenvalue weighted by atomic mass is 16.5. The van der Waals surface area contributed by atoms with Crippen LogP contribution in [0.1, 0.15) is 52.4 Å². The molecule has 0 aromatic rings. The van der Waals surface area contributed by atoms with Crippen molar-refractivity contribution >= 4 is 5.91 Å². The summed E-state index contributed by atoms with van der Waals surface area (Å²) < 4.78 is 5.53. The van der Waals surface area contributed by atoms with Crippen LogP contribution in [0.3, 0.4) is 0 Å². The van der Waals surface area contributed by atoms with E-state index in [4.69, 9.17) is 4.74 Å². The summed E-state index contributed by atoms with van der Waals surface area (Å²) in [6.07, 6.45) is 5.99. The number of hydrogen-bond acceptors (Lipinski definition) is 4. The number of nitrogens with zero attached hydrogens (tertiary/aromatic N) is 2. The summed E-state index contributed by atoms with van der Waals surface area (Å²) in [5.74, 6) is 0.508. The molecule has 0 spiro atoms. The molecule has 1 aliphatic carbocycles. The SMILES string of the molecule is COC1CN(C(C)C(=O)NC2(C#N)CCCCC2)CCC1C. The lowest BCUT2D eigenvalue weighted by Crippen LogP contribution is -2.57. The zero-order valence-corrected chi connectivity index (χ0v) is 14.1. The number of piperidine rings is 1. The second kappa shape index (κ2) is 7.43. The number of likely N-dealkylation sites (tertiary alicyclic amines) is 1. The molecule has 5 heteroatoms. The largest absolute Gasteiger partial charge is 0.380 e. The van der Waals surface area contributed by atoms with Gasteiger partial charge in [-0.1, -0.05) is 26.2 Å². The van der Waals surface area contributed by atoms with Crippen LogP contribution in [0.25, 0.3) is 0 Å². The fourth-order valence-corrected chi connectivity index (χ4v) is 3.64. The van der Waals surface area contributed by atoms with E-state index in [9.17, 15) is 10.1 Å². The van der Waals surface area contributed by atoms with E-state index >= 15 is 0 Å². The molecule has 0 radical (unpaired) electrons. The summed E-state index contributed by atoms with van der Waals surface area (Å²) in [4.78, 5) is 14.8. The molecule has 1 saturated heterocycles. The molecule has 3 atom stereocenters. The van der Waals surface area contributed by atoms with Gasteiger partial charge in [0.25, 0.3) is 0 Å². The first-order valence-electron chi connectivity index (χ1n) is 8.51. The minimum absolute atomic E-state index is 0.0205. The highest BCUT2D eigenvalue weighted by Gasteiger charge is 2.37. The molecular formula is C17H29N3O2. The second-order valence-electron chi connectivity index (χ2n) is 6.95. The lowest BCUT2D eigenvalue weighted by molar-refractivity contribution is -0.129. The minimum atomic E-state index is -0.646. The van der Waals surface area contributed by atoms with Gasteiger partial charge in [-0.25, -0.2) is 0 Å². The van der Waals surface area contributed by atoms with Crippen LogP contribution in [-0.4, -0.2) is 48.7 Å². The van der Waals surface area contributed by atoms with E-state index in [0.29, 0.717) is 5.92 Å². The van der Waals surface area contributed by atoms with Crippen LogP contribution < -0.4 is 5.32 Å².